The van der Waals surface area contributed by atoms with E-state index in [1.165, 1.54) is 48.8 Å². The van der Waals surface area contributed by atoms with E-state index in [1.807, 2.05) is 0 Å². The molecule has 0 atom stereocenters. The molecule has 0 bridgehead atoms. The fraction of sp³-hybridized carbons (Fsp3) is 0. The van der Waals surface area contributed by atoms with Crippen molar-refractivity contribution in [1.82, 2.24) is 5.43 Å². The molecule has 11 heteroatoms. The Labute approximate surface area is 146 Å². The van der Waals surface area contributed by atoms with Crippen LogP contribution >= 0.6 is 0 Å². The van der Waals surface area contributed by atoms with Gasteiger partial charge in [0.15, 0.2) is 0 Å². The van der Waals surface area contributed by atoms with Gasteiger partial charge in [0, 0.05) is 35.4 Å². The monoisotopic (exact) mass is 355 g/mol. The predicted octanol–water partition coefficient (Wildman–Crippen LogP) is 1.78. The molecule has 11 nitrogen and oxygen atoms in total. The molecule has 0 aliphatic carbocycles. The Bertz CT molecular complexity index is 908. The van der Waals surface area contributed by atoms with Gasteiger partial charge in [-0.1, -0.05) is 24.3 Å². The van der Waals surface area contributed by atoms with E-state index in [1.54, 1.807) is 12.1 Å². The molecule has 0 fully saturated rings. The van der Waals surface area contributed by atoms with Gasteiger partial charge in [0.2, 0.25) is 5.96 Å². The van der Waals surface area contributed by atoms with E-state index in [2.05, 4.69) is 20.7 Å². The van der Waals surface area contributed by atoms with Crippen molar-refractivity contribution in [2.24, 2.45) is 21.0 Å². The number of rotatable bonds is 6. The smallest absolute Gasteiger partial charge is 0.270 e. The minimum absolute atomic E-state index is 0.0582. The van der Waals surface area contributed by atoms with Crippen LogP contribution in [-0.2, 0) is 0 Å². The predicted molar refractivity (Wildman–Crippen MR) is 96.1 cm³/mol. The van der Waals surface area contributed by atoms with Gasteiger partial charge < -0.3 is 5.73 Å². The van der Waals surface area contributed by atoms with Gasteiger partial charge >= 0.3 is 0 Å². The van der Waals surface area contributed by atoms with Crippen LogP contribution in [0.1, 0.15) is 11.1 Å². The molecule has 2 aromatic rings. The van der Waals surface area contributed by atoms with E-state index in [-0.39, 0.29) is 17.3 Å². The van der Waals surface area contributed by atoms with Gasteiger partial charge in [-0.25, -0.2) is 5.43 Å². The first kappa shape index (κ1) is 18.2. The summed E-state index contributed by atoms with van der Waals surface area (Å²) >= 11 is 0. The van der Waals surface area contributed by atoms with Crippen molar-refractivity contribution in [3.05, 3.63) is 79.9 Å². The Balaban J connectivity index is 1.96. The van der Waals surface area contributed by atoms with Gasteiger partial charge in [-0.3, -0.25) is 20.2 Å². The molecule has 26 heavy (non-hydrogen) atoms. The number of benzene rings is 2. The van der Waals surface area contributed by atoms with Crippen LogP contribution in [0.4, 0.5) is 11.4 Å². The number of hydrogen-bond donors (Lipinski definition) is 2. The molecule has 0 heterocycles. The van der Waals surface area contributed by atoms with Crippen molar-refractivity contribution in [1.29, 1.82) is 0 Å². The molecule has 2 aromatic carbocycles. The summed E-state index contributed by atoms with van der Waals surface area (Å²) in [4.78, 5) is 20.3. The van der Waals surface area contributed by atoms with Gasteiger partial charge in [-0.05, 0) is 0 Å². The Hall–Kier alpha value is -4.15. The summed E-state index contributed by atoms with van der Waals surface area (Å²) < 4.78 is 0. The van der Waals surface area contributed by atoms with Crippen LogP contribution < -0.4 is 11.2 Å². The van der Waals surface area contributed by atoms with E-state index < -0.39 is 9.85 Å². The molecule has 0 unspecified atom stereocenters. The second-order valence-corrected chi connectivity index (χ2v) is 4.80. The molecular weight excluding hydrogens is 342 g/mol. The zero-order valence-electron chi connectivity index (χ0n) is 13.2. The van der Waals surface area contributed by atoms with Crippen LogP contribution in [-0.4, -0.2) is 28.2 Å². The average Bonchev–Trinajstić information content (AvgIpc) is 2.62. The van der Waals surface area contributed by atoms with Crippen molar-refractivity contribution < 1.29 is 9.85 Å². The third kappa shape index (κ3) is 5.49. The molecular formula is C15H13N7O4. The summed E-state index contributed by atoms with van der Waals surface area (Å²) in [5.74, 6) is -0.131. The molecule has 0 amide bonds. The Morgan fingerprint density at radius 2 is 1.50 bits per heavy atom. The molecule has 0 saturated heterocycles. The van der Waals surface area contributed by atoms with E-state index in [4.69, 9.17) is 5.73 Å². The molecule has 0 saturated carbocycles. The number of guanidine groups is 1. The summed E-state index contributed by atoms with van der Waals surface area (Å²) in [5, 5.41) is 32.5. The lowest BCUT2D eigenvalue weighted by molar-refractivity contribution is -0.385. The molecule has 3 N–H and O–H groups in total. The first-order valence-electron chi connectivity index (χ1n) is 7.10. The summed E-state index contributed by atoms with van der Waals surface area (Å²) in [6.45, 7) is 0. The minimum atomic E-state index is -0.515. The lowest BCUT2D eigenvalue weighted by Gasteiger charge is -1.97. The SMILES string of the molecule is N/C(=N\N=C\c1cccc([N+](=O)[O-])c1)N/N=C/c1cccc([N+](=O)[O-])c1. The largest absolute Gasteiger partial charge is 0.367 e. The van der Waals surface area contributed by atoms with Gasteiger partial charge in [0.1, 0.15) is 0 Å². The lowest BCUT2D eigenvalue weighted by atomic mass is 10.2. The third-order valence-corrected chi connectivity index (χ3v) is 2.93. The van der Waals surface area contributed by atoms with Crippen LogP contribution in [0.5, 0.6) is 0 Å². The highest BCUT2D eigenvalue weighted by atomic mass is 16.6. The van der Waals surface area contributed by atoms with E-state index >= 15 is 0 Å². The van der Waals surface area contributed by atoms with Crippen molar-refractivity contribution in [2.45, 2.75) is 0 Å². The van der Waals surface area contributed by atoms with Crippen molar-refractivity contribution >= 4 is 29.8 Å². The summed E-state index contributed by atoms with van der Waals surface area (Å²) in [5.41, 5.74) is 8.81. The van der Waals surface area contributed by atoms with E-state index in [9.17, 15) is 20.2 Å². The van der Waals surface area contributed by atoms with Gasteiger partial charge in [0.05, 0.1) is 22.3 Å². The van der Waals surface area contributed by atoms with E-state index in [0.29, 0.717) is 11.1 Å². The Morgan fingerprint density at radius 1 is 0.962 bits per heavy atom. The number of nitrogens with one attached hydrogen (secondary N) is 1. The van der Waals surface area contributed by atoms with Crippen molar-refractivity contribution in [3.8, 4) is 0 Å². The fourth-order valence-electron chi connectivity index (χ4n) is 1.79. The second kappa shape index (κ2) is 8.63. The second-order valence-electron chi connectivity index (χ2n) is 4.80. The topological polar surface area (TPSA) is 161 Å². The number of hydrogen-bond acceptors (Lipinski definition) is 7. The first-order valence-corrected chi connectivity index (χ1v) is 7.10. The van der Waals surface area contributed by atoms with Crippen LogP contribution in [0.3, 0.4) is 0 Å². The maximum atomic E-state index is 10.7. The van der Waals surface area contributed by atoms with Crippen molar-refractivity contribution in [3.63, 3.8) is 0 Å². The number of nitro benzene ring substituents is 2. The maximum absolute atomic E-state index is 10.7. The molecule has 0 aliphatic heterocycles. The zero-order chi connectivity index (χ0) is 18.9. The number of nitrogens with zero attached hydrogens (tertiary/aromatic N) is 5. The molecule has 2 rings (SSSR count). The lowest BCUT2D eigenvalue weighted by Crippen LogP contribution is -2.26. The quantitative estimate of drug-likeness (QED) is 0.347. The Kier molecular flexibility index (Phi) is 6.04. The average molecular weight is 355 g/mol. The number of nitrogens with two attached hydrogens (primary N) is 1. The normalized spacial score (nSPS) is 11.8. The van der Waals surface area contributed by atoms with E-state index in [0.717, 1.165) is 0 Å². The molecule has 0 spiro atoms. The number of hydrazone groups is 1. The summed E-state index contributed by atoms with van der Waals surface area (Å²) in [7, 11) is 0. The summed E-state index contributed by atoms with van der Waals surface area (Å²) in [6.07, 6.45) is 2.63. The third-order valence-electron chi connectivity index (χ3n) is 2.93. The van der Waals surface area contributed by atoms with Crippen LogP contribution in [0.25, 0.3) is 0 Å². The zero-order valence-corrected chi connectivity index (χ0v) is 13.2. The van der Waals surface area contributed by atoms with Crippen LogP contribution in [0.15, 0.2) is 63.8 Å². The summed E-state index contributed by atoms with van der Waals surface area (Å²) in [6, 6.07) is 11.7. The maximum Gasteiger partial charge on any atom is 0.270 e. The molecule has 0 aliphatic rings. The van der Waals surface area contributed by atoms with Crippen molar-refractivity contribution in [2.75, 3.05) is 0 Å². The van der Waals surface area contributed by atoms with Crippen LogP contribution in [0, 0.1) is 20.2 Å². The molecule has 0 radical (unpaired) electrons. The highest BCUT2D eigenvalue weighted by molar-refractivity contribution is 5.85. The number of nitro groups is 2. The number of non-ortho nitro benzene ring substituents is 2. The highest BCUT2D eigenvalue weighted by Gasteiger charge is 2.04. The van der Waals surface area contributed by atoms with Gasteiger partial charge in [-0.15, -0.1) is 5.10 Å². The fourth-order valence-corrected chi connectivity index (χ4v) is 1.79. The standard InChI is InChI=1S/C15H13N7O4/c16-15(19-17-9-11-3-1-5-13(7-11)21(23)24)20-18-10-12-4-2-6-14(8-12)22(25)26/h1-10H,(H3,16,19,20)/b17-9+,18-10+. The van der Waals surface area contributed by atoms with Crippen LogP contribution in [0.2, 0.25) is 0 Å². The Morgan fingerprint density at radius 3 is 2.04 bits per heavy atom. The van der Waals surface area contributed by atoms with Gasteiger partial charge in [0.25, 0.3) is 11.4 Å². The molecule has 0 aromatic heterocycles. The molecule has 132 valence electrons. The van der Waals surface area contributed by atoms with Gasteiger partial charge in [-0.2, -0.15) is 10.2 Å². The highest BCUT2D eigenvalue weighted by Crippen LogP contribution is 2.12. The first-order chi connectivity index (χ1) is 12.5. The minimum Gasteiger partial charge on any atom is -0.367 e.